The first-order chi connectivity index (χ1) is 10.7. The molecule has 1 heterocycles. The summed E-state index contributed by atoms with van der Waals surface area (Å²) in [6.45, 7) is 1.48. The predicted octanol–water partition coefficient (Wildman–Crippen LogP) is -1.80. The molecular weight excluding hydrogens is 312 g/mol. The van der Waals surface area contributed by atoms with E-state index in [9.17, 15) is 35.3 Å². The Morgan fingerprint density at radius 1 is 1.26 bits per heavy atom. The first-order valence-corrected chi connectivity index (χ1v) is 6.68. The highest BCUT2D eigenvalue weighted by Gasteiger charge is 2.41. The summed E-state index contributed by atoms with van der Waals surface area (Å²) in [6.07, 6.45) is -6.16. The zero-order valence-corrected chi connectivity index (χ0v) is 11.9. The maximum Gasteiger partial charge on any atom is 0.280 e. The molecule has 0 aromatic heterocycles. The van der Waals surface area contributed by atoms with Crippen LogP contribution in [0.4, 0.5) is 11.4 Å². The highest BCUT2D eigenvalue weighted by molar-refractivity contribution is 5.91. The number of ether oxygens (including phenoxy) is 1. The summed E-state index contributed by atoms with van der Waals surface area (Å²) < 4.78 is 5.29. The number of hydrogen-bond donors (Lipinski definition) is 4. The first-order valence-electron chi connectivity index (χ1n) is 6.68. The lowest BCUT2D eigenvalue weighted by Gasteiger charge is -2.39. The number of aliphatic hydroxyl groups is 3. The monoisotopic (exact) mass is 327 g/mol. The smallest absolute Gasteiger partial charge is 0.280 e. The van der Waals surface area contributed by atoms with Crippen molar-refractivity contribution in [2.75, 3.05) is 5.32 Å². The van der Waals surface area contributed by atoms with Crippen molar-refractivity contribution in [3.05, 3.63) is 33.9 Å². The van der Waals surface area contributed by atoms with Crippen LogP contribution in [-0.4, -0.2) is 56.9 Å². The minimum absolute atomic E-state index is 0.0986. The lowest BCUT2D eigenvalue weighted by Crippen LogP contribution is -2.58. The highest BCUT2D eigenvalue weighted by Crippen LogP contribution is 2.26. The quantitative estimate of drug-likeness (QED) is 0.368. The number of benzene rings is 1. The third-order valence-corrected chi connectivity index (χ3v) is 3.58. The van der Waals surface area contributed by atoms with Gasteiger partial charge in [-0.05, 0) is 19.1 Å². The Morgan fingerprint density at radius 3 is 2.48 bits per heavy atom. The summed E-state index contributed by atoms with van der Waals surface area (Å²) in [5, 5.41) is 53.5. The minimum atomic E-state index is -1.69. The largest absolute Gasteiger partial charge is 0.545 e. The molecular formula is C13H15N2O8-. The summed E-state index contributed by atoms with van der Waals surface area (Å²) in [7, 11) is 0. The van der Waals surface area contributed by atoms with Crippen molar-refractivity contribution in [2.24, 2.45) is 0 Å². The zero-order chi connectivity index (χ0) is 17.3. The fourth-order valence-corrected chi connectivity index (χ4v) is 2.28. The molecule has 10 nitrogen and oxygen atoms in total. The van der Waals surface area contributed by atoms with E-state index in [0.29, 0.717) is 0 Å². The summed E-state index contributed by atoms with van der Waals surface area (Å²) >= 11 is 0. The molecule has 0 unspecified atom stereocenters. The summed E-state index contributed by atoms with van der Waals surface area (Å²) in [5.41, 5.74) is -1.18. The van der Waals surface area contributed by atoms with Crippen molar-refractivity contribution in [2.45, 2.75) is 37.6 Å². The molecule has 1 aliphatic heterocycles. The van der Waals surface area contributed by atoms with E-state index < -0.39 is 52.8 Å². The summed E-state index contributed by atoms with van der Waals surface area (Å²) in [5.74, 6) is -1.69. The van der Waals surface area contributed by atoms with Gasteiger partial charge in [0.05, 0.1) is 22.6 Å². The van der Waals surface area contributed by atoms with Crippen LogP contribution in [-0.2, 0) is 4.74 Å². The number of carbonyl (C=O) groups is 1. The minimum Gasteiger partial charge on any atom is -0.545 e. The fraction of sp³-hybridized carbons (Fsp3) is 0.462. The van der Waals surface area contributed by atoms with Crippen molar-refractivity contribution in [3.8, 4) is 0 Å². The van der Waals surface area contributed by atoms with Crippen molar-refractivity contribution >= 4 is 17.3 Å². The molecule has 4 N–H and O–H groups in total. The molecule has 126 valence electrons. The van der Waals surface area contributed by atoms with Gasteiger partial charge in [-0.15, -0.1) is 0 Å². The second-order valence-corrected chi connectivity index (χ2v) is 5.15. The Morgan fingerprint density at radius 2 is 1.91 bits per heavy atom. The van der Waals surface area contributed by atoms with Crippen LogP contribution in [0.5, 0.6) is 0 Å². The van der Waals surface area contributed by atoms with Gasteiger partial charge in [0.15, 0.2) is 6.23 Å². The number of carboxylic acids is 1. The van der Waals surface area contributed by atoms with E-state index >= 15 is 0 Å². The Kier molecular flexibility index (Phi) is 4.80. The summed E-state index contributed by atoms with van der Waals surface area (Å²) in [4.78, 5) is 20.9. The number of nitro groups is 1. The molecule has 1 fully saturated rings. The number of rotatable bonds is 4. The Labute approximate surface area is 130 Å². The topological polar surface area (TPSA) is 165 Å². The fourth-order valence-electron chi connectivity index (χ4n) is 2.28. The predicted molar refractivity (Wildman–Crippen MR) is 73.4 cm³/mol. The van der Waals surface area contributed by atoms with E-state index in [-0.39, 0.29) is 5.69 Å². The van der Waals surface area contributed by atoms with Gasteiger partial charge in [0.1, 0.15) is 18.3 Å². The van der Waals surface area contributed by atoms with Gasteiger partial charge < -0.3 is 35.3 Å². The van der Waals surface area contributed by atoms with Crippen LogP contribution in [0, 0.1) is 10.1 Å². The molecule has 1 aromatic carbocycles. The molecule has 0 aliphatic carbocycles. The van der Waals surface area contributed by atoms with Gasteiger partial charge in [-0.3, -0.25) is 10.1 Å². The summed E-state index contributed by atoms with van der Waals surface area (Å²) in [6, 6.07) is 3.17. The standard InChI is InChI=1S/C13H16N2O8/c1-5-9(16)10(17)11(18)12(23-5)14-6-2-3-7(13(19)20)8(4-6)15(21)22/h2-5,9-12,14,16-18H,1H3,(H,19,20)/p-1/t5-,9-,10+,11+,12-/m1/s1. The third kappa shape index (κ3) is 3.40. The maximum absolute atomic E-state index is 10.9. The van der Waals surface area contributed by atoms with Crippen molar-refractivity contribution < 1.29 is 34.9 Å². The molecule has 0 saturated carbocycles. The van der Waals surface area contributed by atoms with Gasteiger partial charge in [0.2, 0.25) is 0 Å². The molecule has 1 aromatic rings. The van der Waals surface area contributed by atoms with Crippen LogP contribution < -0.4 is 10.4 Å². The molecule has 10 heteroatoms. The molecule has 1 saturated heterocycles. The van der Waals surface area contributed by atoms with Crippen LogP contribution in [0.3, 0.4) is 0 Å². The average Bonchev–Trinajstić information content (AvgIpc) is 2.50. The van der Waals surface area contributed by atoms with E-state index in [4.69, 9.17) is 4.74 Å². The van der Waals surface area contributed by atoms with E-state index in [1.54, 1.807) is 0 Å². The van der Waals surface area contributed by atoms with E-state index in [1.807, 2.05) is 0 Å². The number of nitro benzene ring substituents is 1. The van der Waals surface area contributed by atoms with E-state index in [0.717, 1.165) is 12.1 Å². The Bertz CT molecular complexity index is 622. The molecule has 0 spiro atoms. The average molecular weight is 327 g/mol. The van der Waals surface area contributed by atoms with Gasteiger partial charge in [0, 0.05) is 11.8 Å². The number of aliphatic hydroxyl groups excluding tert-OH is 3. The number of nitrogens with one attached hydrogen (secondary N) is 1. The second-order valence-electron chi connectivity index (χ2n) is 5.15. The lowest BCUT2D eigenvalue weighted by atomic mass is 9.99. The van der Waals surface area contributed by atoms with Gasteiger partial charge >= 0.3 is 0 Å². The number of aromatic carboxylic acids is 1. The molecule has 2 rings (SSSR count). The molecule has 0 radical (unpaired) electrons. The van der Waals surface area contributed by atoms with Crippen LogP contribution >= 0.6 is 0 Å². The van der Waals surface area contributed by atoms with Gasteiger partial charge in [-0.2, -0.15) is 0 Å². The highest BCUT2D eigenvalue weighted by atomic mass is 16.6. The van der Waals surface area contributed by atoms with Crippen LogP contribution in [0.25, 0.3) is 0 Å². The van der Waals surface area contributed by atoms with Gasteiger partial charge in [-0.1, -0.05) is 0 Å². The third-order valence-electron chi connectivity index (χ3n) is 3.58. The van der Waals surface area contributed by atoms with Crippen molar-refractivity contribution in [1.82, 2.24) is 0 Å². The molecule has 0 bridgehead atoms. The molecule has 23 heavy (non-hydrogen) atoms. The first kappa shape index (κ1) is 17.1. The molecule has 5 atom stereocenters. The SMILES string of the molecule is C[C@H]1O[C@@H](Nc2ccc(C(=O)[O-])c([N+](=O)[O-])c2)[C@@H](O)[C@@H](O)[C@@H]1O. The number of carbonyl (C=O) groups excluding carboxylic acids is 1. The lowest BCUT2D eigenvalue weighted by molar-refractivity contribution is -0.385. The van der Waals surface area contributed by atoms with E-state index in [2.05, 4.69) is 5.32 Å². The maximum atomic E-state index is 10.9. The zero-order valence-electron chi connectivity index (χ0n) is 11.9. The van der Waals surface area contributed by atoms with Crippen LogP contribution in [0.15, 0.2) is 18.2 Å². The van der Waals surface area contributed by atoms with Crippen LogP contribution in [0.1, 0.15) is 17.3 Å². The molecule has 0 amide bonds. The van der Waals surface area contributed by atoms with Crippen LogP contribution in [0.2, 0.25) is 0 Å². The number of hydrogen-bond acceptors (Lipinski definition) is 9. The van der Waals surface area contributed by atoms with Crippen molar-refractivity contribution in [3.63, 3.8) is 0 Å². The number of nitrogens with zero attached hydrogens (tertiary/aromatic N) is 1. The van der Waals surface area contributed by atoms with E-state index in [1.165, 1.54) is 13.0 Å². The van der Waals surface area contributed by atoms with Crippen molar-refractivity contribution in [1.29, 1.82) is 0 Å². The van der Waals surface area contributed by atoms with Gasteiger partial charge in [-0.25, -0.2) is 0 Å². The molecule has 1 aliphatic rings. The Balaban J connectivity index is 2.25. The number of anilines is 1. The second kappa shape index (κ2) is 6.46. The Hall–Kier alpha value is -2.27. The van der Waals surface area contributed by atoms with Gasteiger partial charge in [0.25, 0.3) is 5.69 Å². The normalized spacial score (nSPS) is 30.7. The number of carboxylic acid groups (broad SMARTS) is 1.